The fourth-order valence-corrected chi connectivity index (χ4v) is 2.05. The Hall–Kier alpha value is -1.86. The second-order valence-corrected chi connectivity index (χ2v) is 4.98. The quantitative estimate of drug-likeness (QED) is 0.850. The normalized spacial score (nSPS) is 14.2. The van der Waals surface area contributed by atoms with Gasteiger partial charge in [0.15, 0.2) is 0 Å². The lowest BCUT2D eigenvalue weighted by Gasteiger charge is -2.19. The van der Waals surface area contributed by atoms with Crippen LogP contribution in [0.2, 0.25) is 0 Å². The molecule has 0 radical (unpaired) electrons. The number of nitriles is 1. The minimum absolute atomic E-state index is 0.0507. The van der Waals surface area contributed by atoms with Gasteiger partial charge >= 0.3 is 0 Å². The van der Waals surface area contributed by atoms with E-state index < -0.39 is 0 Å². The summed E-state index contributed by atoms with van der Waals surface area (Å²) < 4.78 is 0. The molecule has 19 heavy (non-hydrogen) atoms. The zero-order valence-corrected chi connectivity index (χ0v) is 11.2. The maximum Gasteiger partial charge on any atom is 0.238 e. The van der Waals surface area contributed by atoms with E-state index in [1.165, 1.54) is 12.8 Å². The molecular weight excluding hydrogens is 238 g/mol. The molecule has 0 atom stereocenters. The summed E-state index contributed by atoms with van der Waals surface area (Å²) in [7, 11) is 0. The Morgan fingerprint density at radius 2 is 2.21 bits per heavy atom. The molecule has 1 aromatic rings. The van der Waals surface area contributed by atoms with Crippen LogP contribution in [0, 0.1) is 17.2 Å². The highest BCUT2D eigenvalue weighted by Crippen LogP contribution is 2.29. The molecule has 0 aliphatic heterocycles. The van der Waals surface area contributed by atoms with Gasteiger partial charge in [-0.05, 0) is 37.4 Å². The first-order chi connectivity index (χ1) is 9.22. The van der Waals surface area contributed by atoms with Crippen molar-refractivity contribution in [1.82, 2.24) is 4.90 Å². The number of nitrogens with zero attached hydrogens (tertiary/aromatic N) is 2. The topological polar surface area (TPSA) is 56.1 Å². The number of nitrogens with one attached hydrogen (secondary N) is 1. The summed E-state index contributed by atoms with van der Waals surface area (Å²) in [5.41, 5.74) is 1.10. The summed E-state index contributed by atoms with van der Waals surface area (Å²) in [4.78, 5) is 14.1. The predicted octanol–water partition coefficient (Wildman–Crippen LogP) is 2.23. The van der Waals surface area contributed by atoms with Crippen molar-refractivity contribution < 1.29 is 4.79 Å². The van der Waals surface area contributed by atoms with Gasteiger partial charge in [0.25, 0.3) is 0 Å². The van der Waals surface area contributed by atoms with Crippen LogP contribution in [0.3, 0.4) is 0 Å². The lowest BCUT2D eigenvalue weighted by molar-refractivity contribution is -0.117. The third-order valence-corrected chi connectivity index (χ3v) is 3.35. The van der Waals surface area contributed by atoms with E-state index in [-0.39, 0.29) is 5.91 Å². The predicted molar refractivity (Wildman–Crippen MR) is 74.6 cm³/mol. The summed E-state index contributed by atoms with van der Waals surface area (Å²) in [6, 6.07) is 9.15. The van der Waals surface area contributed by atoms with Gasteiger partial charge in [0.1, 0.15) is 6.07 Å². The maximum atomic E-state index is 12.0. The molecule has 4 nitrogen and oxygen atoms in total. The van der Waals surface area contributed by atoms with Gasteiger partial charge in [0, 0.05) is 6.54 Å². The summed E-state index contributed by atoms with van der Waals surface area (Å²) >= 11 is 0. The minimum Gasteiger partial charge on any atom is -0.324 e. The van der Waals surface area contributed by atoms with Crippen molar-refractivity contribution in [1.29, 1.82) is 5.26 Å². The number of amides is 1. The average Bonchev–Trinajstić information content (AvgIpc) is 3.22. The molecule has 1 amide bonds. The molecule has 1 aliphatic carbocycles. The Morgan fingerprint density at radius 3 is 2.84 bits per heavy atom. The molecule has 100 valence electrons. The molecule has 1 fully saturated rings. The lowest BCUT2D eigenvalue weighted by Crippen LogP contribution is -2.34. The van der Waals surface area contributed by atoms with Gasteiger partial charge in [0.05, 0.1) is 17.8 Å². The molecule has 4 heteroatoms. The molecule has 1 N–H and O–H groups in total. The summed E-state index contributed by atoms with van der Waals surface area (Å²) in [6.07, 6.45) is 2.57. The highest BCUT2D eigenvalue weighted by atomic mass is 16.2. The van der Waals surface area contributed by atoms with E-state index >= 15 is 0 Å². The van der Waals surface area contributed by atoms with Gasteiger partial charge in [-0.1, -0.05) is 19.1 Å². The minimum atomic E-state index is -0.0507. The summed E-state index contributed by atoms with van der Waals surface area (Å²) in [6.45, 7) is 4.35. The zero-order chi connectivity index (χ0) is 13.7. The molecular formula is C15H19N3O. The van der Waals surface area contributed by atoms with Crippen LogP contribution in [-0.2, 0) is 4.79 Å². The zero-order valence-electron chi connectivity index (χ0n) is 11.2. The van der Waals surface area contributed by atoms with Crippen LogP contribution in [0.4, 0.5) is 5.69 Å². The van der Waals surface area contributed by atoms with Crippen molar-refractivity contribution in [3.8, 4) is 6.07 Å². The van der Waals surface area contributed by atoms with Crippen molar-refractivity contribution >= 4 is 11.6 Å². The van der Waals surface area contributed by atoms with Crippen molar-refractivity contribution in [3.63, 3.8) is 0 Å². The first kappa shape index (κ1) is 13.6. The molecule has 0 spiro atoms. The highest BCUT2D eigenvalue weighted by molar-refractivity contribution is 5.93. The van der Waals surface area contributed by atoms with Crippen molar-refractivity contribution in [3.05, 3.63) is 29.8 Å². The third-order valence-electron chi connectivity index (χ3n) is 3.35. The lowest BCUT2D eigenvalue weighted by atomic mass is 10.2. The number of para-hydroxylation sites is 1. The fourth-order valence-electron chi connectivity index (χ4n) is 2.05. The smallest absolute Gasteiger partial charge is 0.238 e. The van der Waals surface area contributed by atoms with Gasteiger partial charge in [-0.2, -0.15) is 5.26 Å². The van der Waals surface area contributed by atoms with Crippen molar-refractivity contribution in [2.24, 2.45) is 5.92 Å². The highest BCUT2D eigenvalue weighted by Gasteiger charge is 2.24. The number of hydrogen-bond donors (Lipinski definition) is 1. The van der Waals surface area contributed by atoms with Crippen LogP contribution in [-0.4, -0.2) is 30.4 Å². The Kier molecular flexibility index (Phi) is 4.53. The number of carbonyl (C=O) groups is 1. The van der Waals surface area contributed by atoms with Gasteiger partial charge in [0.2, 0.25) is 5.91 Å². The largest absolute Gasteiger partial charge is 0.324 e. The van der Waals surface area contributed by atoms with Gasteiger partial charge in [-0.3, -0.25) is 9.69 Å². The number of hydrogen-bond acceptors (Lipinski definition) is 3. The molecule has 0 bridgehead atoms. The van der Waals surface area contributed by atoms with Crippen molar-refractivity contribution in [2.45, 2.75) is 19.8 Å². The Morgan fingerprint density at radius 1 is 1.47 bits per heavy atom. The fraction of sp³-hybridized carbons (Fsp3) is 0.467. The monoisotopic (exact) mass is 257 g/mol. The standard InChI is InChI=1S/C15H19N3O/c1-2-18(10-12-7-8-12)11-15(19)17-14-6-4-3-5-13(14)9-16/h3-6,12H,2,7-8,10-11H2,1H3,(H,17,19). The summed E-state index contributed by atoms with van der Waals surface area (Å²) in [5, 5.41) is 11.8. The number of likely N-dealkylation sites (N-methyl/N-ethyl adjacent to an activating group) is 1. The van der Waals surface area contributed by atoms with E-state index in [1.807, 2.05) is 6.07 Å². The first-order valence-corrected chi connectivity index (χ1v) is 6.74. The van der Waals surface area contributed by atoms with E-state index in [0.29, 0.717) is 17.8 Å². The van der Waals surface area contributed by atoms with E-state index in [9.17, 15) is 4.79 Å². The van der Waals surface area contributed by atoms with E-state index in [2.05, 4.69) is 23.2 Å². The first-order valence-electron chi connectivity index (χ1n) is 6.74. The van der Waals surface area contributed by atoms with Crippen LogP contribution in [0.1, 0.15) is 25.3 Å². The average molecular weight is 257 g/mol. The number of carbonyl (C=O) groups excluding carboxylic acids is 1. The summed E-state index contributed by atoms with van der Waals surface area (Å²) in [5.74, 6) is 0.726. The molecule has 0 saturated heterocycles. The second kappa shape index (κ2) is 6.35. The van der Waals surface area contributed by atoms with Crippen LogP contribution in [0.5, 0.6) is 0 Å². The van der Waals surface area contributed by atoms with Crippen LogP contribution < -0.4 is 5.32 Å². The van der Waals surface area contributed by atoms with E-state index in [4.69, 9.17) is 5.26 Å². The molecule has 0 aromatic heterocycles. The Labute approximate surface area is 114 Å². The Bertz CT molecular complexity index is 488. The molecule has 1 aliphatic rings. The Balaban J connectivity index is 1.90. The molecule has 0 heterocycles. The van der Waals surface area contributed by atoms with Gasteiger partial charge in [-0.25, -0.2) is 0 Å². The van der Waals surface area contributed by atoms with Crippen molar-refractivity contribution in [2.75, 3.05) is 25.0 Å². The van der Waals surface area contributed by atoms with Gasteiger partial charge in [-0.15, -0.1) is 0 Å². The number of rotatable bonds is 6. The number of benzene rings is 1. The third kappa shape index (κ3) is 4.08. The van der Waals surface area contributed by atoms with Crippen LogP contribution in [0.25, 0.3) is 0 Å². The molecule has 0 unspecified atom stereocenters. The molecule has 2 rings (SSSR count). The van der Waals surface area contributed by atoms with Crippen LogP contribution in [0.15, 0.2) is 24.3 Å². The maximum absolute atomic E-state index is 12.0. The van der Waals surface area contributed by atoms with E-state index in [1.54, 1.807) is 18.2 Å². The SMILES string of the molecule is CCN(CC(=O)Nc1ccccc1C#N)CC1CC1. The van der Waals surface area contributed by atoms with Gasteiger partial charge < -0.3 is 5.32 Å². The van der Waals surface area contributed by atoms with E-state index in [0.717, 1.165) is 19.0 Å². The molecule has 1 aromatic carbocycles. The molecule has 1 saturated carbocycles. The number of anilines is 1. The van der Waals surface area contributed by atoms with Crippen LogP contribution >= 0.6 is 0 Å². The second-order valence-electron chi connectivity index (χ2n) is 4.98.